The highest BCUT2D eigenvalue weighted by Crippen LogP contribution is 2.53. The molecule has 1 saturated heterocycles. The van der Waals surface area contributed by atoms with Crippen LogP contribution in [0.4, 0.5) is 21.5 Å². The van der Waals surface area contributed by atoms with Crippen LogP contribution in [0.5, 0.6) is 11.5 Å². The highest BCUT2D eigenvalue weighted by Gasteiger charge is 2.30. The van der Waals surface area contributed by atoms with E-state index in [1.807, 2.05) is 42.3 Å². The summed E-state index contributed by atoms with van der Waals surface area (Å²) in [6.45, 7) is 8.90. The van der Waals surface area contributed by atoms with E-state index in [1.165, 1.54) is 19.3 Å². The van der Waals surface area contributed by atoms with Crippen molar-refractivity contribution in [2.24, 2.45) is 0 Å². The van der Waals surface area contributed by atoms with E-state index in [0.29, 0.717) is 29.3 Å². The lowest BCUT2D eigenvalue weighted by Gasteiger charge is -2.34. The van der Waals surface area contributed by atoms with E-state index >= 15 is 4.39 Å². The van der Waals surface area contributed by atoms with Crippen LogP contribution < -0.4 is 15.0 Å². The fraction of sp³-hybridized carbons (Fsp3) is 0.345. The number of allylic oxidation sites excluding steroid dienone is 1. The van der Waals surface area contributed by atoms with Crippen LogP contribution in [0.15, 0.2) is 54.2 Å². The summed E-state index contributed by atoms with van der Waals surface area (Å²) < 4.78 is 21.7. The molecule has 0 amide bonds. The molecule has 2 aliphatic rings. The van der Waals surface area contributed by atoms with Gasteiger partial charge in [-0.3, -0.25) is 4.79 Å². The van der Waals surface area contributed by atoms with Crippen molar-refractivity contribution in [3.05, 3.63) is 65.6 Å². The number of hydrogen-bond donors (Lipinski definition) is 1. The van der Waals surface area contributed by atoms with Crippen LogP contribution in [0, 0.1) is 12.7 Å². The maximum absolute atomic E-state index is 15.3. The van der Waals surface area contributed by atoms with Gasteiger partial charge in [0.15, 0.2) is 23.1 Å². The van der Waals surface area contributed by atoms with Crippen molar-refractivity contribution < 1.29 is 13.9 Å². The van der Waals surface area contributed by atoms with Crippen LogP contribution in [0.1, 0.15) is 38.7 Å². The molecule has 3 aromatic rings. The molecule has 0 aromatic heterocycles. The number of fused-ring (bicyclic) bond motifs is 3. The SMILES string of the molecule is CC(=O)/C(C)=C\N1c2cc3ccccc3cc2Oc2c(NCCN3CCCCC3)c(F)cc(C)c21. The Labute approximate surface area is 206 Å². The third-order valence-corrected chi connectivity index (χ3v) is 6.99. The third-order valence-electron chi connectivity index (χ3n) is 6.99. The van der Waals surface area contributed by atoms with E-state index in [1.54, 1.807) is 19.9 Å². The lowest BCUT2D eigenvalue weighted by molar-refractivity contribution is -0.113. The fourth-order valence-electron chi connectivity index (χ4n) is 4.95. The number of benzene rings is 3. The number of anilines is 3. The normalized spacial score (nSPS) is 16.0. The summed E-state index contributed by atoms with van der Waals surface area (Å²) in [7, 11) is 0. The Morgan fingerprint density at radius 3 is 2.51 bits per heavy atom. The van der Waals surface area contributed by atoms with Gasteiger partial charge in [0.25, 0.3) is 0 Å². The zero-order valence-electron chi connectivity index (χ0n) is 20.7. The lowest BCUT2D eigenvalue weighted by Crippen LogP contribution is -2.34. The van der Waals surface area contributed by atoms with E-state index < -0.39 is 0 Å². The highest BCUT2D eigenvalue weighted by molar-refractivity contribution is 5.97. The minimum atomic E-state index is -0.337. The van der Waals surface area contributed by atoms with Crippen LogP contribution in [0.25, 0.3) is 10.8 Å². The van der Waals surface area contributed by atoms with Gasteiger partial charge in [-0.2, -0.15) is 0 Å². The number of piperidine rings is 1. The first-order valence-electron chi connectivity index (χ1n) is 12.4. The van der Waals surface area contributed by atoms with Crippen LogP contribution in [-0.2, 0) is 4.79 Å². The van der Waals surface area contributed by atoms with Gasteiger partial charge in [0.1, 0.15) is 5.69 Å². The molecule has 0 saturated carbocycles. The smallest absolute Gasteiger partial charge is 0.177 e. The van der Waals surface area contributed by atoms with E-state index in [-0.39, 0.29) is 11.6 Å². The average Bonchev–Trinajstić information content (AvgIpc) is 2.85. The molecule has 35 heavy (non-hydrogen) atoms. The van der Waals surface area contributed by atoms with Crippen LogP contribution in [-0.4, -0.2) is 36.9 Å². The molecule has 0 radical (unpaired) electrons. The minimum Gasteiger partial charge on any atom is -0.451 e. The first kappa shape index (κ1) is 23.4. The number of nitrogens with zero attached hydrogens (tertiary/aromatic N) is 2. The van der Waals surface area contributed by atoms with E-state index in [0.717, 1.165) is 47.3 Å². The minimum absolute atomic E-state index is 0.0139. The van der Waals surface area contributed by atoms with Gasteiger partial charge in [-0.05, 0) is 81.2 Å². The summed E-state index contributed by atoms with van der Waals surface area (Å²) in [5, 5.41) is 5.43. The molecule has 0 unspecified atom stereocenters. The molecule has 1 N–H and O–H groups in total. The molecule has 5 nitrogen and oxygen atoms in total. The van der Waals surface area contributed by atoms with E-state index in [9.17, 15) is 4.79 Å². The molecule has 3 aromatic carbocycles. The number of halogens is 1. The molecule has 0 atom stereocenters. The van der Waals surface area contributed by atoms with Crippen molar-refractivity contribution in [2.75, 3.05) is 36.4 Å². The number of hydrogen-bond acceptors (Lipinski definition) is 5. The molecular weight excluding hydrogens is 441 g/mol. The molecule has 1 fully saturated rings. The standard InChI is InChI=1S/C29H32FN3O2/c1-19-15-24(30)27(31-11-14-32-12-7-4-8-13-32)29-28(19)33(18-20(2)21(3)34)25-16-22-9-5-6-10-23(22)17-26(25)35-29/h5-6,9-10,15-18,31H,4,7-8,11-14H2,1-3H3/b20-18-. The summed E-state index contributed by atoms with van der Waals surface area (Å²) in [5.74, 6) is 0.737. The number of carbonyl (C=O) groups is 1. The molecule has 2 heterocycles. The molecule has 0 bridgehead atoms. The van der Waals surface area contributed by atoms with Crippen molar-refractivity contribution in [3.8, 4) is 11.5 Å². The van der Waals surface area contributed by atoms with Gasteiger partial charge < -0.3 is 19.9 Å². The van der Waals surface area contributed by atoms with Crippen molar-refractivity contribution in [2.45, 2.75) is 40.0 Å². The molecule has 5 rings (SSSR count). The number of likely N-dealkylation sites (tertiary alicyclic amines) is 1. The summed E-state index contributed by atoms with van der Waals surface area (Å²) >= 11 is 0. The Balaban J connectivity index is 1.58. The number of nitrogens with one attached hydrogen (secondary N) is 1. The number of rotatable bonds is 6. The Hall–Kier alpha value is -3.38. The summed E-state index contributed by atoms with van der Waals surface area (Å²) in [6, 6.07) is 13.7. The fourth-order valence-corrected chi connectivity index (χ4v) is 4.95. The first-order chi connectivity index (χ1) is 16.9. The van der Waals surface area contributed by atoms with Gasteiger partial charge in [0.05, 0.1) is 11.4 Å². The number of Topliss-reactive ketones (excluding diaryl/α,β-unsaturated/α-hetero) is 1. The van der Waals surface area contributed by atoms with Gasteiger partial charge in [-0.1, -0.05) is 30.7 Å². The number of carbonyl (C=O) groups excluding carboxylic acids is 1. The molecule has 0 aliphatic carbocycles. The average molecular weight is 474 g/mol. The van der Waals surface area contributed by atoms with Gasteiger partial charge in [-0.25, -0.2) is 4.39 Å². The van der Waals surface area contributed by atoms with E-state index in [4.69, 9.17) is 4.74 Å². The van der Waals surface area contributed by atoms with Crippen LogP contribution in [0.3, 0.4) is 0 Å². The van der Waals surface area contributed by atoms with Crippen LogP contribution >= 0.6 is 0 Å². The summed E-state index contributed by atoms with van der Waals surface area (Å²) in [6.07, 6.45) is 5.56. The van der Waals surface area contributed by atoms with Crippen molar-refractivity contribution in [1.82, 2.24) is 4.90 Å². The van der Waals surface area contributed by atoms with Crippen molar-refractivity contribution in [3.63, 3.8) is 0 Å². The lowest BCUT2D eigenvalue weighted by atomic mass is 10.0. The monoisotopic (exact) mass is 473 g/mol. The number of aryl methyl sites for hydroxylation is 1. The Bertz CT molecular complexity index is 1310. The number of ether oxygens (including phenoxy) is 1. The van der Waals surface area contributed by atoms with Crippen LogP contribution in [0.2, 0.25) is 0 Å². The molecular formula is C29H32FN3O2. The Kier molecular flexibility index (Phi) is 6.48. The maximum Gasteiger partial charge on any atom is 0.177 e. The third kappa shape index (κ3) is 4.63. The second-order valence-corrected chi connectivity index (χ2v) is 9.56. The second kappa shape index (κ2) is 9.70. The summed E-state index contributed by atoms with van der Waals surface area (Å²) in [4.78, 5) is 16.5. The van der Waals surface area contributed by atoms with Gasteiger partial charge in [0.2, 0.25) is 0 Å². The van der Waals surface area contributed by atoms with Gasteiger partial charge >= 0.3 is 0 Å². The Morgan fingerprint density at radius 1 is 1.09 bits per heavy atom. The molecule has 2 aliphatic heterocycles. The second-order valence-electron chi connectivity index (χ2n) is 9.56. The maximum atomic E-state index is 15.3. The molecule has 6 heteroatoms. The van der Waals surface area contributed by atoms with Crippen molar-refractivity contribution >= 4 is 33.6 Å². The number of ketones is 1. The quantitative estimate of drug-likeness (QED) is 0.394. The molecule has 182 valence electrons. The zero-order valence-corrected chi connectivity index (χ0v) is 20.7. The van der Waals surface area contributed by atoms with Gasteiger partial charge in [0, 0.05) is 24.9 Å². The van der Waals surface area contributed by atoms with Gasteiger partial charge in [-0.15, -0.1) is 0 Å². The Morgan fingerprint density at radius 2 is 1.80 bits per heavy atom. The van der Waals surface area contributed by atoms with E-state index in [2.05, 4.69) is 22.3 Å². The first-order valence-corrected chi connectivity index (χ1v) is 12.4. The molecule has 0 spiro atoms. The highest BCUT2D eigenvalue weighted by atomic mass is 19.1. The largest absolute Gasteiger partial charge is 0.451 e. The summed E-state index contributed by atoms with van der Waals surface area (Å²) in [5.41, 5.74) is 3.28. The predicted octanol–water partition coefficient (Wildman–Crippen LogP) is 6.92. The van der Waals surface area contributed by atoms with Crippen molar-refractivity contribution in [1.29, 1.82) is 0 Å². The predicted molar refractivity (Wildman–Crippen MR) is 141 cm³/mol. The zero-order chi connectivity index (χ0) is 24.5. The topological polar surface area (TPSA) is 44.8 Å².